The zero-order valence-electron chi connectivity index (χ0n) is 11.5. The van der Waals surface area contributed by atoms with Crippen LogP contribution >= 0.6 is 39.3 Å². The molecule has 1 nitrogen and oxygen atoms in total. The molecular formula is C16H17BrClNS. The number of nitrogens with one attached hydrogen (secondary N) is 1. The van der Waals surface area contributed by atoms with E-state index in [9.17, 15) is 0 Å². The Labute approximate surface area is 138 Å². The van der Waals surface area contributed by atoms with Crippen LogP contribution in [0.2, 0.25) is 5.02 Å². The minimum Gasteiger partial charge on any atom is -0.306 e. The van der Waals surface area contributed by atoms with E-state index in [2.05, 4.69) is 58.7 Å². The fraction of sp³-hybridized carbons (Fsp3) is 0.250. The molecule has 2 rings (SSSR count). The van der Waals surface area contributed by atoms with Crippen molar-refractivity contribution in [3.05, 3.63) is 63.1 Å². The number of rotatable bonds is 5. The van der Waals surface area contributed by atoms with E-state index in [0.717, 1.165) is 21.6 Å². The third kappa shape index (κ3) is 4.26. The molecule has 1 unspecified atom stereocenters. The maximum Gasteiger partial charge on any atom is 0.0462 e. The molecule has 0 heterocycles. The molecule has 0 bridgehead atoms. The average molecular weight is 371 g/mol. The van der Waals surface area contributed by atoms with Gasteiger partial charge in [0.2, 0.25) is 0 Å². The second kappa shape index (κ2) is 7.51. The monoisotopic (exact) mass is 369 g/mol. The molecule has 0 aliphatic heterocycles. The van der Waals surface area contributed by atoms with Gasteiger partial charge in [-0.25, -0.2) is 0 Å². The predicted octanol–water partition coefficient (Wildman–Crippen LogP) is 5.68. The molecule has 106 valence electrons. The lowest BCUT2D eigenvalue weighted by molar-refractivity contribution is 0.574. The normalized spacial score (nSPS) is 12.4. The summed E-state index contributed by atoms with van der Waals surface area (Å²) in [7, 11) is 0. The van der Waals surface area contributed by atoms with Gasteiger partial charge in [0, 0.05) is 27.0 Å². The van der Waals surface area contributed by atoms with Gasteiger partial charge in [0.15, 0.2) is 0 Å². The molecule has 1 atom stereocenters. The molecule has 4 heteroatoms. The van der Waals surface area contributed by atoms with Gasteiger partial charge in [0.1, 0.15) is 0 Å². The summed E-state index contributed by atoms with van der Waals surface area (Å²) < 4.78 is 1.01. The molecule has 0 saturated heterocycles. The molecule has 0 aliphatic rings. The summed E-state index contributed by atoms with van der Waals surface area (Å²) in [6.07, 6.45) is 2.09. The first-order valence-electron chi connectivity index (χ1n) is 6.41. The van der Waals surface area contributed by atoms with Gasteiger partial charge in [-0.2, -0.15) is 0 Å². The van der Waals surface area contributed by atoms with Crippen LogP contribution in [-0.2, 0) is 6.54 Å². The number of benzene rings is 2. The number of thioether (sulfide) groups is 1. The molecule has 0 aromatic heterocycles. The first kappa shape index (κ1) is 15.9. The molecule has 2 aromatic carbocycles. The van der Waals surface area contributed by atoms with Crippen LogP contribution in [0, 0.1) is 0 Å². The van der Waals surface area contributed by atoms with E-state index in [-0.39, 0.29) is 0 Å². The van der Waals surface area contributed by atoms with Crippen molar-refractivity contribution in [2.75, 3.05) is 6.26 Å². The van der Waals surface area contributed by atoms with Crippen LogP contribution in [0.25, 0.3) is 0 Å². The summed E-state index contributed by atoms with van der Waals surface area (Å²) in [6, 6.07) is 14.9. The van der Waals surface area contributed by atoms with E-state index < -0.39 is 0 Å². The van der Waals surface area contributed by atoms with Crippen molar-refractivity contribution >= 4 is 39.3 Å². The lowest BCUT2D eigenvalue weighted by Gasteiger charge is -2.15. The van der Waals surface area contributed by atoms with Crippen LogP contribution in [0.3, 0.4) is 0 Å². The van der Waals surface area contributed by atoms with Crippen LogP contribution in [0.1, 0.15) is 24.1 Å². The van der Waals surface area contributed by atoms with E-state index in [1.807, 2.05) is 18.2 Å². The van der Waals surface area contributed by atoms with Crippen molar-refractivity contribution in [1.29, 1.82) is 0 Å². The number of halogens is 2. The first-order valence-corrected chi connectivity index (χ1v) is 8.81. The zero-order valence-corrected chi connectivity index (χ0v) is 14.6. The molecule has 0 fully saturated rings. The summed E-state index contributed by atoms with van der Waals surface area (Å²) >= 11 is 11.4. The third-order valence-electron chi connectivity index (χ3n) is 3.23. The summed E-state index contributed by atoms with van der Waals surface area (Å²) in [4.78, 5) is 1.29. The lowest BCUT2D eigenvalue weighted by Crippen LogP contribution is -2.18. The van der Waals surface area contributed by atoms with Crippen LogP contribution in [0.15, 0.2) is 51.8 Å². The van der Waals surface area contributed by atoms with Gasteiger partial charge in [-0.1, -0.05) is 45.7 Å². The van der Waals surface area contributed by atoms with Crippen molar-refractivity contribution in [1.82, 2.24) is 5.32 Å². The van der Waals surface area contributed by atoms with Crippen molar-refractivity contribution in [2.45, 2.75) is 24.4 Å². The van der Waals surface area contributed by atoms with Crippen molar-refractivity contribution in [3.8, 4) is 0 Å². The van der Waals surface area contributed by atoms with Gasteiger partial charge in [0.25, 0.3) is 0 Å². The molecule has 0 saturated carbocycles. The van der Waals surface area contributed by atoms with Gasteiger partial charge in [-0.05, 0) is 48.6 Å². The smallest absolute Gasteiger partial charge is 0.0462 e. The molecular weight excluding hydrogens is 354 g/mol. The Balaban J connectivity index is 1.98. The SMILES string of the molecule is CSc1ccc(C(C)NCc2ccc(Br)cc2Cl)cc1. The zero-order chi connectivity index (χ0) is 14.5. The minimum absolute atomic E-state index is 0.297. The lowest BCUT2D eigenvalue weighted by atomic mass is 10.1. The third-order valence-corrected chi connectivity index (χ3v) is 4.82. The summed E-state index contributed by atoms with van der Waals surface area (Å²) in [5.74, 6) is 0. The van der Waals surface area contributed by atoms with E-state index in [1.165, 1.54) is 10.5 Å². The molecule has 0 aliphatic carbocycles. The second-order valence-electron chi connectivity index (χ2n) is 4.61. The Morgan fingerprint density at radius 1 is 1.20 bits per heavy atom. The highest BCUT2D eigenvalue weighted by Crippen LogP contribution is 2.23. The van der Waals surface area contributed by atoms with Crippen LogP contribution in [0.4, 0.5) is 0 Å². The largest absolute Gasteiger partial charge is 0.306 e. The van der Waals surface area contributed by atoms with Gasteiger partial charge in [-0.15, -0.1) is 11.8 Å². The summed E-state index contributed by atoms with van der Waals surface area (Å²) in [5.41, 5.74) is 2.40. The molecule has 20 heavy (non-hydrogen) atoms. The predicted molar refractivity (Wildman–Crippen MR) is 92.6 cm³/mol. The second-order valence-corrected chi connectivity index (χ2v) is 6.81. The number of hydrogen-bond acceptors (Lipinski definition) is 2. The summed E-state index contributed by atoms with van der Waals surface area (Å²) in [6.45, 7) is 2.93. The Morgan fingerprint density at radius 2 is 1.90 bits per heavy atom. The molecule has 0 radical (unpaired) electrons. The average Bonchev–Trinajstić information content (AvgIpc) is 2.46. The van der Waals surface area contributed by atoms with E-state index in [1.54, 1.807) is 11.8 Å². The van der Waals surface area contributed by atoms with Gasteiger partial charge in [-0.3, -0.25) is 0 Å². The highest BCUT2D eigenvalue weighted by atomic mass is 79.9. The quantitative estimate of drug-likeness (QED) is 0.680. The minimum atomic E-state index is 0.297. The van der Waals surface area contributed by atoms with Gasteiger partial charge < -0.3 is 5.32 Å². The molecule has 0 spiro atoms. The topological polar surface area (TPSA) is 12.0 Å². The molecule has 1 N–H and O–H groups in total. The van der Waals surface area contributed by atoms with Crippen LogP contribution in [-0.4, -0.2) is 6.26 Å². The highest BCUT2D eigenvalue weighted by molar-refractivity contribution is 9.10. The molecule has 0 amide bonds. The maximum absolute atomic E-state index is 6.23. The van der Waals surface area contributed by atoms with Gasteiger partial charge >= 0.3 is 0 Å². The summed E-state index contributed by atoms with van der Waals surface area (Å²) in [5, 5.41) is 4.30. The Bertz CT molecular complexity index is 571. The Morgan fingerprint density at radius 3 is 2.50 bits per heavy atom. The van der Waals surface area contributed by atoms with E-state index in [0.29, 0.717) is 6.04 Å². The van der Waals surface area contributed by atoms with Crippen LogP contribution < -0.4 is 5.32 Å². The van der Waals surface area contributed by atoms with E-state index >= 15 is 0 Å². The first-order chi connectivity index (χ1) is 9.60. The maximum atomic E-state index is 6.23. The van der Waals surface area contributed by atoms with Crippen molar-refractivity contribution in [3.63, 3.8) is 0 Å². The van der Waals surface area contributed by atoms with Crippen molar-refractivity contribution < 1.29 is 0 Å². The van der Waals surface area contributed by atoms with Crippen molar-refractivity contribution in [2.24, 2.45) is 0 Å². The Hall–Kier alpha value is -0.480. The highest BCUT2D eigenvalue weighted by Gasteiger charge is 2.07. The van der Waals surface area contributed by atoms with Gasteiger partial charge in [0.05, 0.1) is 0 Å². The van der Waals surface area contributed by atoms with Crippen LogP contribution in [0.5, 0.6) is 0 Å². The standard InChI is InChI=1S/C16H17BrClNS/c1-11(12-4-7-15(20-2)8-5-12)19-10-13-3-6-14(17)9-16(13)18/h3-9,11,19H,10H2,1-2H3. The fourth-order valence-corrected chi connectivity index (χ4v) is 3.09. The molecule has 2 aromatic rings. The Kier molecular flexibility index (Phi) is 5.97. The van der Waals surface area contributed by atoms with E-state index in [4.69, 9.17) is 11.6 Å². The number of hydrogen-bond donors (Lipinski definition) is 1. The fourth-order valence-electron chi connectivity index (χ4n) is 1.94.